The molecular weight excluding hydrogens is 352 g/mol. The number of thiophene rings is 1. The second-order valence-electron chi connectivity index (χ2n) is 5.84. The molecule has 7 heteroatoms. The Labute approximate surface area is 155 Å². The van der Waals surface area contributed by atoms with Gasteiger partial charge in [0.1, 0.15) is 16.2 Å². The second-order valence-corrected chi connectivity index (χ2v) is 8.16. The van der Waals surface area contributed by atoms with Crippen molar-refractivity contribution in [1.82, 2.24) is 9.97 Å². The SMILES string of the molecule is Cc1cc2c(SCCC(=O)Nc3ccc(N(C)C)cc3)ncnc2s1. The lowest BCUT2D eigenvalue weighted by Crippen LogP contribution is -2.13. The van der Waals surface area contributed by atoms with Crippen LogP contribution in [0, 0.1) is 6.92 Å². The highest BCUT2D eigenvalue weighted by Crippen LogP contribution is 2.30. The number of hydrogen-bond acceptors (Lipinski definition) is 6. The molecule has 3 rings (SSSR count). The highest BCUT2D eigenvalue weighted by atomic mass is 32.2. The van der Waals surface area contributed by atoms with Crippen LogP contribution in [0.5, 0.6) is 0 Å². The molecule has 2 aromatic heterocycles. The fourth-order valence-corrected chi connectivity index (χ4v) is 4.20. The maximum atomic E-state index is 12.1. The van der Waals surface area contributed by atoms with E-state index in [1.165, 1.54) is 4.88 Å². The zero-order valence-electron chi connectivity index (χ0n) is 14.4. The summed E-state index contributed by atoms with van der Waals surface area (Å²) >= 11 is 3.26. The van der Waals surface area contributed by atoms with Gasteiger partial charge in [-0.05, 0) is 37.3 Å². The number of carbonyl (C=O) groups excluding carboxylic acids is 1. The van der Waals surface area contributed by atoms with Gasteiger partial charge in [-0.2, -0.15) is 0 Å². The van der Waals surface area contributed by atoms with Crippen LogP contribution in [0.4, 0.5) is 11.4 Å². The summed E-state index contributed by atoms with van der Waals surface area (Å²) < 4.78 is 0. The van der Waals surface area contributed by atoms with Gasteiger partial charge in [-0.3, -0.25) is 4.79 Å². The molecular formula is C18H20N4OS2. The van der Waals surface area contributed by atoms with E-state index in [0.29, 0.717) is 12.2 Å². The molecule has 0 bridgehead atoms. The van der Waals surface area contributed by atoms with Crippen molar-refractivity contribution in [3.05, 3.63) is 41.5 Å². The molecule has 0 unspecified atom stereocenters. The smallest absolute Gasteiger partial charge is 0.225 e. The number of thioether (sulfide) groups is 1. The molecule has 2 heterocycles. The monoisotopic (exact) mass is 372 g/mol. The van der Waals surface area contributed by atoms with Crippen LogP contribution in [0.3, 0.4) is 0 Å². The van der Waals surface area contributed by atoms with E-state index in [0.717, 1.165) is 26.6 Å². The van der Waals surface area contributed by atoms with E-state index >= 15 is 0 Å². The molecule has 5 nitrogen and oxygen atoms in total. The Balaban J connectivity index is 1.53. The molecule has 25 heavy (non-hydrogen) atoms. The Bertz CT molecular complexity index is 874. The van der Waals surface area contributed by atoms with Crippen molar-refractivity contribution < 1.29 is 4.79 Å². The summed E-state index contributed by atoms with van der Waals surface area (Å²) in [5.74, 6) is 0.694. The van der Waals surface area contributed by atoms with Gasteiger partial charge in [-0.15, -0.1) is 23.1 Å². The van der Waals surface area contributed by atoms with Crippen molar-refractivity contribution in [2.45, 2.75) is 18.4 Å². The molecule has 1 N–H and O–H groups in total. The number of nitrogens with zero attached hydrogens (tertiary/aromatic N) is 3. The number of fused-ring (bicyclic) bond motifs is 1. The van der Waals surface area contributed by atoms with Crippen molar-refractivity contribution >= 4 is 50.6 Å². The Morgan fingerprint density at radius 1 is 1.24 bits per heavy atom. The molecule has 0 saturated carbocycles. The van der Waals surface area contributed by atoms with Gasteiger partial charge in [0.05, 0.1) is 0 Å². The van der Waals surface area contributed by atoms with E-state index < -0.39 is 0 Å². The van der Waals surface area contributed by atoms with Gasteiger partial charge < -0.3 is 10.2 Å². The summed E-state index contributed by atoms with van der Waals surface area (Å²) in [5.41, 5.74) is 1.92. The second kappa shape index (κ2) is 7.84. The van der Waals surface area contributed by atoms with E-state index in [9.17, 15) is 4.79 Å². The molecule has 0 fully saturated rings. The minimum atomic E-state index is 0.0110. The first kappa shape index (κ1) is 17.7. The van der Waals surface area contributed by atoms with Crippen molar-refractivity contribution in [1.29, 1.82) is 0 Å². The van der Waals surface area contributed by atoms with Crippen molar-refractivity contribution in [3.8, 4) is 0 Å². The molecule has 0 radical (unpaired) electrons. The molecule has 0 aliphatic carbocycles. The Kier molecular flexibility index (Phi) is 5.55. The summed E-state index contributed by atoms with van der Waals surface area (Å²) in [6.07, 6.45) is 2.03. The lowest BCUT2D eigenvalue weighted by molar-refractivity contribution is -0.115. The first-order valence-corrected chi connectivity index (χ1v) is 9.74. The Morgan fingerprint density at radius 2 is 2.00 bits per heavy atom. The predicted molar refractivity (Wildman–Crippen MR) is 107 cm³/mol. The number of aromatic nitrogens is 2. The normalized spacial score (nSPS) is 10.8. The van der Waals surface area contributed by atoms with Gasteiger partial charge in [0, 0.05) is 47.9 Å². The minimum Gasteiger partial charge on any atom is -0.378 e. The Morgan fingerprint density at radius 3 is 2.72 bits per heavy atom. The summed E-state index contributed by atoms with van der Waals surface area (Å²) in [6.45, 7) is 2.07. The molecule has 0 aliphatic heterocycles. The van der Waals surface area contributed by atoms with Crippen molar-refractivity contribution in [3.63, 3.8) is 0 Å². The van der Waals surface area contributed by atoms with E-state index in [2.05, 4.69) is 28.3 Å². The van der Waals surface area contributed by atoms with Crippen LogP contribution in [-0.2, 0) is 4.79 Å². The number of amides is 1. The summed E-state index contributed by atoms with van der Waals surface area (Å²) in [4.78, 5) is 25.0. The van der Waals surface area contributed by atoms with Crippen LogP contribution >= 0.6 is 23.1 Å². The molecule has 0 aliphatic rings. The molecule has 0 saturated heterocycles. The van der Waals surface area contributed by atoms with Crippen LogP contribution in [0.1, 0.15) is 11.3 Å². The first-order valence-electron chi connectivity index (χ1n) is 7.94. The van der Waals surface area contributed by atoms with Gasteiger partial charge in [-0.1, -0.05) is 0 Å². The number of carbonyl (C=O) groups is 1. The highest BCUT2D eigenvalue weighted by Gasteiger charge is 2.09. The van der Waals surface area contributed by atoms with Gasteiger partial charge in [0.25, 0.3) is 0 Å². The van der Waals surface area contributed by atoms with E-state index in [1.807, 2.05) is 43.3 Å². The maximum Gasteiger partial charge on any atom is 0.225 e. The number of anilines is 2. The maximum absolute atomic E-state index is 12.1. The molecule has 0 atom stereocenters. The summed E-state index contributed by atoms with van der Waals surface area (Å²) in [5, 5.41) is 4.95. The number of aryl methyl sites for hydroxylation is 1. The van der Waals surface area contributed by atoms with Crippen LogP contribution in [0.2, 0.25) is 0 Å². The van der Waals surface area contributed by atoms with Crippen LogP contribution in [0.25, 0.3) is 10.2 Å². The molecule has 0 spiro atoms. The lowest BCUT2D eigenvalue weighted by Gasteiger charge is -2.13. The molecule has 3 aromatic rings. The third kappa shape index (κ3) is 4.49. The van der Waals surface area contributed by atoms with E-state index in [1.54, 1.807) is 29.4 Å². The number of benzene rings is 1. The van der Waals surface area contributed by atoms with Crippen LogP contribution in [-0.4, -0.2) is 35.7 Å². The third-order valence-corrected chi connectivity index (χ3v) is 5.62. The Hall–Kier alpha value is -2.12. The fraction of sp³-hybridized carbons (Fsp3) is 0.278. The van der Waals surface area contributed by atoms with Gasteiger partial charge >= 0.3 is 0 Å². The molecule has 1 aromatic carbocycles. The minimum absolute atomic E-state index is 0.0110. The number of nitrogens with one attached hydrogen (secondary N) is 1. The highest BCUT2D eigenvalue weighted by molar-refractivity contribution is 7.99. The van der Waals surface area contributed by atoms with Gasteiger partial charge in [0.2, 0.25) is 5.91 Å². The largest absolute Gasteiger partial charge is 0.378 e. The van der Waals surface area contributed by atoms with Crippen molar-refractivity contribution in [2.75, 3.05) is 30.1 Å². The van der Waals surface area contributed by atoms with E-state index in [-0.39, 0.29) is 5.91 Å². The number of hydrogen-bond donors (Lipinski definition) is 1. The summed E-state index contributed by atoms with van der Waals surface area (Å²) in [7, 11) is 3.98. The topological polar surface area (TPSA) is 58.1 Å². The third-order valence-electron chi connectivity index (χ3n) is 3.65. The van der Waals surface area contributed by atoms with Gasteiger partial charge in [-0.25, -0.2) is 9.97 Å². The summed E-state index contributed by atoms with van der Waals surface area (Å²) in [6, 6.07) is 9.92. The van der Waals surface area contributed by atoms with Crippen molar-refractivity contribution in [2.24, 2.45) is 0 Å². The van der Waals surface area contributed by atoms with E-state index in [4.69, 9.17) is 0 Å². The molecule has 130 valence electrons. The lowest BCUT2D eigenvalue weighted by atomic mass is 10.2. The van der Waals surface area contributed by atoms with Crippen LogP contribution in [0.15, 0.2) is 41.7 Å². The standard InChI is InChI=1S/C18H20N4OS2/c1-12-10-15-17(19-11-20-18(15)25-12)24-9-8-16(23)21-13-4-6-14(7-5-13)22(2)3/h4-7,10-11H,8-9H2,1-3H3,(H,21,23). The van der Waals surface area contributed by atoms with Gasteiger partial charge in [0.15, 0.2) is 0 Å². The van der Waals surface area contributed by atoms with Crippen LogP contribution < -0.4 is 10.2 Å². The quantitative estimate of drug-likeness (QED) is 0.519. The predicted octanol–water partition coefficient (Wildman–Crippen LogP) is 4.19. The average molecular weight is 373 g/mol. The zero-order chi connectivity index (χ0) is 17.8. The zero-order valence-corrected chi connectivity index (χ0v) is 16.1. The number of rotatable bonds is 6. The average Bonchev–Trinajstić information content (AvgIpc) is 2.96. The molecule has 1 amide bonds. The fourth-order valence-electron chi connectivity index (χ4n) is 2.38. The first-order chi connectivity index (χ1) is 12.0.